The Morgan fingerprint density at radius 2 is 0.562 bits per heavy atom. The Bertz CT molecular complexity index is 2900. The Morgan fingerprint density at radius 3 is 0.875 bits per heavy atom. The number of benzene rings is 8. The van der Waals surface area contributed by atoms with Gasteiger partial charge in [0, 0.05) is 46.0 Å². The Kier molecular flexibility index (Phi) is 13.1. The van der Waals surface area contributed by atoms with Crippen molar-refractivity contribution in [2.24, 2.45) is 51.1 Å². The molecule has 8 aromatic rings. The van der Waals surface area contributed by atoms with E-state index >= 15 is 0 Å². The zero-order chi connectivity index (χ0) is 44.4. The van der Waals surface area contributed by atoms with Gasteiger partial charge in [-0.25, -0.2) is 0 Å². The predicted octanol–water partition coefficient (Wildman–Crippen LogP) is 18.2. The van der Waals surface area contributed by atoms with E-state index in [1.54, 1.807) is 0 Å². The van der Waals surface area contributed by atoms with Crippen LogP contribution >= 0.6 is 0 Å². The molecule has 0 bridgehead atoms. The highest BCUT2D eigenvalue weighted by atomic mass is 15.1. The van der Waals surface area contributed by atoms with Gasteiger partial charge >= 0.3 is 0 Å². The summed E-state index contributed by atoms with van der Waals surface area (Å²) in [5.74, 6) is 0. The minimum atomic E-state index is 0.692. The lowest BCUT2D eigenvalue weighted by Crippen LogP contribution is -1.96. The molecule has 12 nitrogen and oxygen atoms in total. The van der Waals surface area contributed by atoms with Gasteiger partial charge in [-0.3, -0.25) is 0 Å². The summed E-state index contributed by atoms with van der Waals surface area (Å²) in [4.78, 5) is 0. The highest BCUT2D eigenvalue weighted by molar-refractivity contribution is 6.01. The molecule has 8 rings (SSSR count). The normalized spacial score (nSPS) is 12.0. The van der Waals surface area contributed by atoms with Crippen molar-refractivity contribution in [1.29, 1.82) is 0 Å². The number of hydrogen-bond donors (Lipinski definition) is 2. The molecule has 0 radical (unpaired) electrons. The summed E-state index contributed by atoms with van der Waals surface area (Å²) in [5.41, 5.74) is 13.5. The number of anilines is 2. The van der Waals surface area contributed by atoms with E-state index in [-0.39, 0.29) is 0 Å². The van der Waals surface area contributed by atoms with Gasteiger partial charge in [-0.1, -0.05) is 48.5 Å². The molecule has 0 fully saturated rings. The summed E-state index contributed by atoms with van der Waals surface area (Å²) >= 11 is 0. The van der Waals surface area contributed by atoms with Crippen LogP contribution in [0.3, 0.4) is 0 Å². The van der Waals surface area contributed by atoms with Gasteiger partial charge in [-0.2, -0.15) is 40.9 Å². The van der Waals surface area contributed by atoms with Crippen molar-refractivity contribution in [2.75, 3.05) is 23.7 Å². The molecule has 0 amide bonds. The highest BCUT2D eigenvalue weighted by Gasteiger charge is 2.10. The van der Waals surface area contributed by atoms with E-state index in [1.165, 1.54) is 0 Å². The molecule has 0 aliphatic rings. The van der Waals surface area contributed by atoms with Crippen LogP contribution in [0.25, 0.3) is 21.5 Å². The molecule has 0 aliphatic heterocycles. The lowest BCUT2D eigenvalue weighted by Gasteiger charge is -2.09. The second-order valence-electron chi connectivity index (χ2n) is 15.3. The van der Waals surface area contributed by atoms with Crippen molar-refractivity contribution in [3.05, 3.63) is 168 Å². The first-order valence-electron chi connectivity index (χ1n) is 21.3. The van der Waals surface area contributed by atoms with Crippen LogP contribution < -0.4 is 10.6 Å². The Hall–Kier alpha value is -8.12. The second kappa shape index (κ2) is 19.7. The summed E-state index contributed by atoms with van der Waals surface area (Å²) < 4.78 is 0. The zero-order valence-corrected chi connectivity index (χ0v) is 36.7. The fourth-order valence-corrected chi connectivity index (χ4v) is 7.16. The second-order valence-corrected chi connectivity index (χ2v) is 15.3. The molecule has 0 aromatic heterocycles. The minimum absolute atomic E-state index is 0.692. The summed E-state index contributed by atoms with van der Waals surface area (Å²) in [5, 5.41) is 56.6. The van der Waals surface area contributed by atoms with Crippen molar-refractivity contribution < 1.29 is 0 Å². The minimum Gasteiger partial charge on any atom is -0.385 e. The molecule has 0 atom stereocenters. The first-order chi connectivity index (χ1) is 31.3. The van der Waals surface area contributed by atoms with Crippen LogP contribution in [0.2, 0.25) is 0 Å². The van der Waals surface area contributed by atoms with Gasteiger partial charge in [0.2, 0.25) is 0 Å². The molecule has 2 N–H and O–H groups in total. The first-order valence-corrected chi connectivity index (χ1v) is 21.3. The fraction of sp³-hybridized carbons (Fsp3) is 0.154. The van der Waals surface area contributed by atoms with Crippen molar-refractivity contribution in [3.63, 3.8) is 0 Å². The van der Waals surface area contributed by atoms with Crippen LogP contribution in [-0.2, 0) is 0 Å². The number of hydrogen-bond acceptors (Lipinski definition) is 12. The van der Waals surface area contributed by atoms with Crippen LogP contribution in [0.1, 0.15) is 36.1 Å². The molecule has 0 saturated heterocycles. The number of azo groups is 5. The molecule has 0 aliphatic carbocycles. The summed E-state index contributed by atoms with van der Waals surface area (Å²) in [7, 11) is 0. The van der Waals surface area contributed by atoms with E-state index in [9.17, 15) is 0 Å². The van der Waals surface area contributed by atoms with Gasteiger partial charge in [0.1, 0.15) is 0 Å². The molecular formula is C52H48N12. The van der Waals surface area contributed by atoms with Crippen LogP contribution in [0.15, 0.2) is 197 Å². The van der Waals surface area contributed by atoms with Gasteiger partial charge < -0.3 is 10.6 Å². The number of fused-ring (bicyclic) bond motifs is 2. The largest absolute Gasteiger partial charge is 0.385 e. The average molecular weight is 841 g/mol. The van der Waals surface area contributed by atoms with E-state index < -0.39 is 0 Å². The number of nitrogens with zero attached hydrogens (tertiary/aromatic N) is 10. The van der Waals surface area contributed by atoms with Crippen molar-refractivity contribution >= 4 is 89.8 Å². The summed E-state index contributed by atoms with van der Waals surface area (Å²) in [6, 6.07) is 47.4. The smallest absolute Gasteiger partial charge is 0.0936 e. The van der Waals surface area contributed by atoms with Crippen LogP contribution in [0.5, 0.6) is 0 Å². The van der Waals surface area contributed by atoms with Gasteiger partial charge in [0.25, 0.3) is 0 Å². The van der Waals surface area contributed by atoms with E-state index in [0.717, 1.165) is 102 Å². The first kappa shape index (κ1) is 42.6. The lowest BCUT2D eigenvalue weighted by atomic mass is 10.1. The third-order valence-electron chi connectivity index (χ3n) is 10.6. The van der Waals surface area contributed by atoms with Gasteiger partial charge in [0.05, 0.1) is 56.9 Å². The molecule has 0 saturated carbocycles. The van der Waals surface area contributed by atoms with Crippen molar-refractivity contribution in [2.45, 2.75) is 41.5 Å². The van der Waals surface area contributed by atoms with Crippen molar-refractivity contribution in [3.8, 4) is 0 Å². The molecule has 0 spiro atoms. The molecule has 12 heteroatoms. The predicted molar refractivity (Wildman–Crippen MR) is 262 cm³/mol. The van der Waals surface area contributed by atoms with Gasteiger partial charge in [-0.15, -0.1) is 10.2 Å². The van der Waals surface area contributed by atoms with Crippen LogP contribution in [0.4, 0.5) is 68.2 Å². The highest BCUT2D eigenvalue weighted by Crippen LogP contribution is 2.37. The molecule has 64 heavy (non-hydrogen) atoms. The third kappa shape index (κ3) is 9.98. The SMILES string of the molecule is CCNc1ccc(N=Nc2cc(C)c(N=Nc3ccc(/N=N/c4ccc(N=Nc5cc(C)c(N=Nc6ccc(NCC)c7ccccc67)cc5C)cc4)cc3)cc2C)c2ccccc12. The van der Waals surface area contributed by atoms with E-state index in [2.05, 4.69) is 112 Å². The van der Waals surface area contributed by atoms with Gasteiger partial charge in [0.15, 0.2) is 0 Å². The lowest BCUT2D eigenvalue weighted by molar-refractivity contribution is 1.17. The number of nitrogens with one attached hydrogen (secondary N) is 2. The average Bonchev–Trinajstić information content (AvgIpc) is 3.32. The number of aryl methyl sites for hydroxylation is 4. The van der Waals surface area contributed by atoms with Crippen LogP contribution in [-0.4, -0.2) is 13.1 Å². The number of rotatable bonds is 14. The third-order valence-corrected chi connectivity index (χ3v) is 10.6. The van der Waals surface area contributed by atoms with E-state index in [4.69, 9.17) is 0 Å². The molecular weight excluding hydrogens is 793 g/mol. The van der Waals surface area contributed by atoms with Crippen molar-refractivity contribution in [1.82, 2.24) is 0 Å². The van der Waals surface area contributed by atoms with Gasteiger partial charge in [-0.05, 0) is 161 Å². The zero-order valence-electron chi connectivity index (χ0n) is 36.7. The molecule has 8 aromatic carbocycles. The van der Waals surface area contributed by atoms with Crippen LogP contribution in [0, 0.1) is 27.7 Å². The summed E-state index contributed by atoms with van der Waals surface area (Å²) in [6.07, 6.45) is 0. The Labute approximate surface area is 372 Å². The standard InChI is InChI=1S/C52H48N12/c1-7-53-45-25-27-47(43-15-11-9-13-41(43)45)59-63-51-31-33(3)49(29-35(51)5)61-57-39-21-17-37(18-22-39)55-56-38-19-23-40(24-20-38)58-62-50-30-36(6)52(32-34(50)4)64-60-48-28-26-46(54-8-2)42-14-10-12-16-44(42)48/h9-32,53-54H,7-8H2,1-6H3/b56-55+,61-57?,62-58?,63-59?,64-60?. The fourth-order valence-electron chi connectivity index (χ4n) is 7.16. The monoisotopic (exact) mass is 840 g/mol. The molecule has 0 unspecified atom stereocenters. The quantitative estimate of drug-likeness (QED) is 0.105. The van der Waals surface area contributed by atoms with E-state index in [1.807, 2.05) is 137 Å². The molecule has 316 valence electrons. The maximum Gasteiger partial charge on any atom is 0.0936 e. The summed E-state index contributed by atoms with van der Waals surface area (Å²) in [6.45, 7) is 13.9. The Balaban J connectivity index is 0.870. The van der Waals surface area contributed by atoms with E-state index in [0.29, 0.717) is 22.7 Å². The Morgan fingerprint density at radius 1 is 0.297 bits per heavy atom. The topological polar surface area (TPSA) is 148 Å². The maximum atomic E-state index is 4.64. The maximum absolute atomic E-state index is 4.64. The molecule has 0 heterocycles.